The fraction of sp³-hybridized carbons (Fsp3) is 0.385. The Balaban J connectivity index is 0.000000177. The first kappa shape index (κ1) is 24.8. The van der Waals surface area contributed by atoms with Gasteiger partial charge >= 0.3 is 6.18 Å². The molecule has 1 unspecified atom stereocenters. The molecule has 0 aliphatic heterocycles. The van der Waals surface area contributed by atoms with Crippen molar-refractivity contribution in [1.29, 1.82) is 0 Å². The van der Waals surface area contributed by atoms with Crippen molar-refractivity contribution in [2.75, 3.05) is 0 Å². The summed E-state index contributed by atoms with van der Waals surface area (Å²) in [4.78, 5) is 8.15. The zero-order valence-corrected chi connectivity index (χ0v) is 19.9. The molecule has 0 saturated heterocycles. The number of fused-ring (bicyclic) bond motifs is 1. The minimum atomic E-state index is -4.67. The lowest BCUT2D eigenvalue weighted by Gasteiger charge is -2.14. The summed E-state index contributed by atoms with van der Waals surface area (Å²) in [6, 6.07) is 10.1. The normalized spacial score (nSPS) is 17.8. The number of halogens is 3. The fourth-order valence-electron chi connectivity index (χ4n) is 4.56. The molecule has 1 saturated carbocycles. The second-order valence-electron chi connectivity index (χ2n) is 9.16. The maximum atomic E-state index is 12.8. The van der Waals surface area contributed by atoms with Gasteiger partial charge in [-0.1, -0.05) is 25.1 Å². The van der Waals surface area contributed by atoms with Crippen LogP contribution in [0.25, 0.3) is 17.1 Å². The van der Waals surface area contributed by atoms with Crippen LogP contribution in [0.4, 0.5) is 13.2 Å². The van der Waals surface area contributed by atoms with Gasteiger partial charge in [-0.25, -0.2) is 4.98 Å². The van der Waals surface area contributed by atoms with Gasteiger partial charge in [-0.3, -0.25) is 10.8 Å². The highest BCUT2D eigenvalue weighted by Gasteiger charge is 2.36. The monoisotopic (exact) mass is 484 g/mol. The van der Waals surface area contributed by atoms with E-state index in [9.17, 15) is 13.2 Å². The van der Waals surface area contributed by atoms with Crippen molar-refractivity contribution in [2.24, 2.45) is 18.6 Å². The number of benzene rings is 1. The lowest BCUT2D eigenvalue weighted by atomic mass is 9.97. The minimum Gasteiger partial charge on any atom is -0.397 e. The van der Waals surface area contributed by atoms with Gasteiger partial charge in [0.15, 0.2) is 5.70 Å². The first-order valence-corrected chi connectivity index (χ1v) is 11.8. The van der Waals surface area contributed by atoms with Crippen LogP contribution in [0.3, 0.4) is 0 Å². The van der Waals surface area contributed by atoms with Gasteiger partial charge in [0.1, 0.15) is 5.69 Å². The van der Waals surface area contributed by atoms with Crippen LogP contribution in [0.2, 0.25) is 0 Å². The second-order valence-corrected chi connectivity index (χ2v) is 9.16. The van der Waals surface area contributed by atoms with Crippen LogP contribution >= 0.6 is 0 Å². The molecular formula is C26H31F3N6. The first-order chi connectivity index (χ1) is 16.7. The van der Waals surface area contributed by atoms with E-state index >= 15 is 0 Å². The Labute approximate surface area is 203 Å². The summed E-state index contributed by atoms with van der Waals surface area (Å²) < 4.78 is 40.0. The van der Waals surface area contributed by atoms with Crippen molar-refractivity contribution < 1.29 is 13.2 Å². The summed E-state index contributed by atoms with van der Waals surface area (Å²) in [5.74, 6) is 6.69. The molecule has 2 aliphatic carbocycles. The number of pyridine rings is 1. The molecule has 5 N–H and O–H groups in total. The highest BCUT2D eigenvalue weighted by atomic mass is 19.4. The number of nitrogens with two attached hydrogens (primary N) is 2. The number of allylic oxidation sites excluding steroid dienone is 1. The van der Waals surface area contributed by atoms with E-state index in [1.54, 1.807) is 46.3 Å². The number of nitrogens with one attached hydrogen (secondary N) is 1. The van der Waals surface area contributed by atoms with E-state index in [2.05, 4.69) is 35.1 Å². The minimum absolute atomic E-state index is 0.149. The van der Waals surface area contributed by atoms with Crippen molar-refractivity contribution in [1.82, 2.24) is 20.0 Å². The highest BCUT2D eigenvalue weighted by Crippen LogP contribution is 2.43. The van der Waals surface area contributed by atoms with Gasteiger partial charge in [-0.2, -0.15) is 13.2 Å². The van der Waals surface area contributed by atoms with Crippen molar-refractivity contribution >= 4 is 5.70 Å². The highest BCUT2D eigenvalue weighted by molar-refractivity contribution is 5.69. The second kappa shape index (κ2) is 10.1. The van der Waals surface area contributed by atoms with E-state index in [1.165, 1.54) is 50.4 Å². The molecule has 2 aromatic heterocycles. The van der Waals surface area contributed by atoms with Crippen LogP contribution < -0.4 is 17.0 Å². The van der Waals surface area contributed by atoms with Crippen LogP contribution in [0.5, 0.6) is 0 Å². The topological polar surface area (TPSA) is 94.8 Å². The van der Waals surface area contributed by atoms with Gasteiger partial charge in [0.25, 0.3) is 0 Å². The molecule has 0 spiro atoms. The van der Waals surface area contributed by atoms with E-state index in [0.717, 1.165) is 11.8 Å². The van der Waals surface area contributed by atoms with Gasteiger partial charge in [0.2, 0.25) is 0 Å². The number of hydrazine groups is 1. The zero-order valence-electron chi connectivity index (χ0n) is 19.9. The molecule has 3 aromatic rings. The predicted octanol–water partition coefficient (Wildman–Crippen LogP) is 5.14. The van der Waals surface area contributed by atoms with Crippen LogP contribution in [-0.4, -0.2) is 20.7 Å². The van der Waals surface area contributed by atoms with Crippen LogP contribution in [0.1, 0.15) is 66.7 Å². The van der Waals surface area contributed by atoms with E-state index in [4.69, 9.17) is 11.6 Å². The fourth-order valence-corrected chi connectivity index (χ4v) is 4.56. The Morgan fingerprint density at radius 3 is 2.49 bits per heavy atom. The maximum absolute atomic E-state index is 12.8. The van der Waals surface area contributed by atoms with Crippen LogP contribution in [0.15, 0.2) is 54.7 Å². The number of hydrogen-bond donors (Lipinski definition) is 3. The van der Waals surface area contributed by atoms with Gasteiger partial charge < -0.3 is 15.7 Å². The average Bonchev–Trinajstić information content (AvgIpc) is 3.47. The Kier molecular flexibility index (Phi) is 7.16. The Bertz CT molecular complexity index is 1210. The molecule has 1 aromatic carbocycles. The molecule has 9 heteroatoms. The third-order valence-corrected chi connectivity index (χ3v) is 6.65. The first-order valence-electron chi connectivity index (χ1n) is 11.8. The van der Waals surface area contributed by atoms with Crippen LogP contribution in [0, 0.1) is 0 Å². The summed E-state index contributed by atoms with van der Waals surface area (Å²) >= 11 is 0. The molecule has 186 valence electrons. The Hall–Kier alpha value is -3.33. The van der Waals surface area contributed by atoms with Crippen LogP contribution in [-0.2, 0) is 13.5 Å². The van der Waals surface area contributed by atoms with Crippen molar-refractivity contribution in [3.8, 4) is 11.4 Å². The molecule has 1 atom stereocenters. The van der Waals surface area contributed by atoms with E-state index < -0.39 is 17.6 Å². The molecule has 1 fully saturated rings. The molecule has 0 amide bonds. The quantitative estimate of drug-likeness (QED) is 0.344. The van der Waals surface area contributed by atoms with Crippen molar-refractivity contribution in [3.63, 3.8) is 0 Å². The summed E-state index contributed by atoms with van der Waals surface area (Å²) in [5.41, 5.74) is 11.4. The molecule has 2 aliphatic rings. The number of alkyl halides is 3. The van der Waals surface area contributed by atoms with Crippen molar-refractivity contribution in [3.05, 3.63) is 77.0 Å². The average molecular weight is 485 g/mol. The van der Waals surface area contributed by atoms with E-state index in [1.807, 2.05) is 0 Å². The SMILES string of the molecule is CCC1CCc2cc(C3CC3)ccc21.Cn1cnc(-c2cc(/C(N)=C(/NN)C(F)(F)F)ccn2)c1. The smallest absolute Gasteiger partial charge is 0.397 e. The number of imidazole rings is 1. The Morgan fingerprint density at radius 1 is 1.11 bits per heavy atom. The molecular weight excluding hydrogens is 453 g/mol. The number of hydrogen-bond acceptors (Lipinski definition) is 5. The van der Waals surface area contributed by atoms with Gasteiger partial charge in [-0.05, 0) is 72.8 Å². The third kappa shape index (κ3) is 5.67. The Morgan fingerprint density at radius 2 is 1.89 bits per heavy atom. The summed E-state index contributed by atoms with van der Waals surface area (Å²) in [6.07, 6.45) is 6.82. The number of aromatic nitrogens is 3. The van der Waals surface area contributed by atoms with Gasteiger partial charge in [0, 0.05) is 25.0 Å². The number of rotatable bonds is 5. The van der Waals surface area contributed by atoms with Gasteiger partial charge in [-0.15, -0.1) is 0 Å². The zero-order chi connectivity index (χ0) is 25.2. The molecule has 5 rings (SSSR count). The lowest BCUT2D eigenvalue weighted by Crippen LogP contribution is -2.34. The molecule has 35 heavy (non-hydrogen) atoms. The summed E-state index contributed by atoms with van der Waals surface area (Å²) in [6.45, 7) is 2.31. The third-order valence-electron chi connectivity index (χ3n) is 6.65. The number of nitrogens with zero attached hydrogens (tertiary/aromatic N) is 3. The molecule has 0 bridgehead atoms. The molecule has 6 nitrogen and oxygen atoms in total. The lowest BCUT2D eigenvalue weighted by molar-refractivity contribution is -0.0961. The summed E-state index contributed by atoms with van der Waals surface area (Å²) in [5, 5.41) is 0. The maximum Gasteiger partial charge on any atom is 0.434 e. The largest absolute Gasteiger partial charge is 0.434 e. The molecule has 2 heterocycles. The predicted molar refractivity (Wildman–Crippen MR) is 131 cm³/mol. The number of aryl methyl sites for hydroxylation is 2. The van der Waals surface area contributed by atoms with E-state index in [-0.39, 0.29) is 5.56 Å². The van der Waals surface area contributed by atoms with Gasteiger partial charge in [0.05, 0.1) is 17.7 Å². The van der Waals surface area contributed by atoms with Crippen molar-refractivity contribution in [2.45, 2.75) is 57.0 Å². The summed E-state index contributed by atoms with van der Waals surface area (Å²) in [7, 11) is 1.77. The standard InChI is InChI=1S/C14H18.C12H13F3N6/c1-2-10-3-6-13-9-12(11-4-5-11)7-8-14(10)13;1-21-5-9(19-6-21)8-4-7(2-3-18-8)10(16)11(20-17)12(13,14)15/h7-11H,2-6H2,1H3;2-6,20H,16-17H2,1H3/b;11-10-. The molecule has 0 radical (unpaired) electrons. The van der Waals surface area contributed by atoms with E-state index in [0.29, 0.717) is 11.4 Å².